The fraction of sp³-hybridized carbons (Fsp3) is 0.882. The summed E-state index contributed by atoms with van der Waals surface area (Å²) in [6, 6.07) is 2.13. The Morgan fingerprint density at radius 1 is 1.43 bits per heavy atom. The second-order valence-electron chi connectivity index (χ2n) is 7.56. The van der Waals surface area contributed by atoms with Crippen molar-refractivity contribution in [2.24, 2.45) is 11.8 Å². The Labute approximate surface area is 143 Å². The van der Waals surface area contributed by atoms with Gasteiger partial charge in [-0.25, -0.2) is 4.42 Å². The first-order chi connectivity index (χ1) is 11.0. The first kappa shape index (κ1) is 17.0. The van der Waals surface area contributed by atoms with Crippen molar-refractivity contribution in [2.75, 3.05) is 13.1 Å². The number of hydrogen-bond donors (Lipinski definition) is 1. The zero-order valence-electron chi connectivity index (χ0n) is 13.7. The van der Waals surface area contributed by atoms with E-state index in [2.05, 4.69) is 6.07 Å². The zero-order valence-corrected chi connectivity index (χ0v) is 14.5. The molecular formula is C17H26ClN3O2. The predicted octanol–water partition coefficient (Wildman–Crippen LogP) is 2.29. The smallest absolute Gasteiger partial charge is 0.239 e. The monoisotopic (exact) mass is 339 g/mol. The van der Waals surface area contributed by atoms with Crippen LogP contribution >= 0.6 is 11.8 Å². The molecule has 3 fully saturated rings. The van der Waals surface area contributed by atoms with E-state index in [-0.39, 0.29) is 24.5 Å². The number of halogens is 1. The Morgan fingerprint density at radius 3 is 2.65 bits per heavy atom. The van der Waals surface area contributed by atoms with Crippen LogP contribution in [0.3, 0.4) is 0 Å². The number of rotatable bonds is 4. The van der Waals surface area contributed by atoms with Crippen molar-refractivity contribution in [3.63, 3.8) is 0 Å². The molecule has 1 amide bonds. The minimum Gasteiger partial charge on any atom is -0.390 e. The summed E-state index contributed by atoms with van der Waals surface area (Å²) in [6.45, 7) is 2.90. The minimum atomic E-state index is -0.483. The van der Waals surface area contributed by atoms with Gasteiger partial charge in [0.1, 0.15) is 6.04 Å². The van der Waals surface area contributed by atoms with Crippen molar-refractivity contribution in [1.29, 1.82) is 5.26 Å². The van der Waals surface area contributed by atoms with E-state index in [9.17, 15) is 9.90 Å². The van der Waals surface area contributed by atoms with E-state index >= 15 is 0 Å². The highest BCUT2D eigenvalue weighted by molar-refractivity contribution is 6.14. The van der Waals surface area contributed by atoms with Crippen LogP contribution in [0.5, 0.6) is 0 Å². The molecule has 2 saturated carbocycles. The lowest BCUT2D eigenvalue weighted by molar-refractivity contribution is -0.131. The molecule has 0 aromatic carbocycles. The van der Waals surface area contributed by atoms with Crippen LogP contribution in [0.2, 0.25) is 0 Å². The highest BCUT2D eigenvalue weighted by Gasteiger charge is 2.49. The van der Waals surface area contributed by atoms with E-state index in [1.54, 1.807) is 9.32 Å². The molecule has 1 heterocycles. The molecule has 1 N–H and O–H groups in total. The SMILES string of the molecule is CCC1(O)C[C@H]2C[C@@H](N(Cl)CC(=O)N3CCC[C@H]3C#N)C[C@H]2C1. The molecule has 1 aliphatic heterocycles. The summed E-state index contributed by atoms with van der Waals surface area (Å²) >= 11 is 6.41. The number of nitriles is 1. The summed E-state index contributed by atoms with van der Waals surface area (Å²) in [5, 5.41) is 19.5. The quantitative estimate of drug-likeness (QED) is 0.798. The van der Waals surface area contributed by atoms with Crippen LogP contribution in [0.15, 0.2) is 0 Å². The number of carbonyl (C=O) groups is 1. The van der Waals surface area contributed by atoms with Gasteiger partial charge in [0.25, 0.3) is 0 Å². The van der Waals surface area contributed by atoms with Gasteiger partial charge >= 0.3 is 0 Å². The van der Waals surface area contributed by atoms with E-state index in [0.29, 0.717) is 18.4 Å². The van der Waals surface area contributed by atoms with Crippen molar-refractivity contribution in [3.05, 3.63) is 0 Å². The molecule has 0 aromatic heterocycles. The Morgan fingerprint density at radius 2 is 2.09 bits per heavy atom. The van der Waals surface area contributed by atoms with E-state index < -0.39 is 5.60 Å². The maximum absolute atomic E-state index is 12.4. The molecule has 5 atom stereocenters. The van der Waals surface area contributed by atoms with Crippen LogP contribution in [0.25, 0.3) is 0 Å². The molecule has 0 aromatic rings. The number of amides is 1. The van der Waals surface area contributed by atoms with Crippen LogP contribution in [-0.4, -0.2) is 51.1 Å². The molecule has 5 nitrogen and oxygen atoms in total. The third-order valence-corrected chi connectivity index (χ3v) is 6.56. The van der Waals surface area contributed by atoms with Crippen LogP contribution in [0.1, 0.15) is 51.9 Å². The van der Waals surface area contributed by atoms with E-state index in [1.165, 1.54) is 0 Å². The molecule has 0 spiro atoms. The lowest BCUT2D eigenvalue weighted by Crippen LogP contribution is -2.42. The molecule has 1 saturated heterocycles. The van der Waals surface area contributed by atoms with Crippen LogP contribution < -0.4 is 0 Å². The third kappa shape index (κ3) is 3.35. The largest absolute Gasteiger partial charge is 0.390 e. The molecular weight excluding hydrogens is 314 g/mol. The summed E-state index contributed by atoms with van der Waals surface area (Å²) in [6.07, 6.45) is 6.15. The Hall–Kier alpha value is -0.830. The second kappa shape index (κ2) is 6.58. The lowest BCUT2D eigenvalue weighted by Gasteiger charge is -2.27. The van der Waals surface area contributed by atoms with E-state index in [1.807, 2.05) is 6.92 Å². The Balaban J connectivity index is 1.52. The highest BCUT2D eigenvalue weighted by atomic mass is 35.5. The fourth-order valence-electron chi connectivity index (χ4n) is 4.81. The first-order valence-electron chi connectivity index (χ1n) is 8.79. The van der Waals surface area contributed by atoms with Crippen LogP contribution in [0.4, 0.5) is 0 Å². The molecule has 6 heteroatoms. The number of carbonyl (C=O) groups excluding carboxylic acids is 1. The van der Waals surface area contributed by atoms with Crippen LogP contribution in [0, 0.1) is 23.2 Å². The molecule has 1 unspecified atom stereocenters. The van der Waals surface area contributed by atoms with Gasteiger partial charge in [-0.15, -0.1) is 0 Å². The number of aliphatic hydroxyl groups is 1. The van der Waals surface area contributed by atoms with Gasteiger partial charge in [0.05, 0.1) is 18.2 Å². The van der Waals surface area contributed by atoms with E-state index in [4.69, 9.17) is 17.0 Å². The van der Waals surface area contributed by atoms with Gasteiger partial charge in [0.2, 0.25) is 5.91 Å². The molecule has 3 rings (SSSR count). The topological polar surface area (TPSA) is 67.6 Å². The van der Waals surface area contributed by atoms with Gasteiger partial charge < -0.3 is 10.0 Å². The first-order valence-corrected chi connectivity index (χ1v) is 9.13. The Kier molecular flexibility index (Phi) is 4.87. The van der Waals surface area contributed by atoms with Gasteiger partial charge in [-0.2, -0.15) is 5.26 Å². The molecule has 23 heavy (non-hydrogen) atoms. The average molecular weight is 340 g/mol. The lowest BCUT2D eigenvalue weighted by atomic mass is 9.94. The second-order valence-corrected chi connectivity index (χ2v) is 8.00. The van der Waals surface area contributed by atoms with Gasteiger partial charge in [-0.1, -0.05) is 6.92 Å². The standard InChI is InChI=1S/C17H26ClN3O2/c1-2-17(23)8-12-6-15(7-13(12)9-17)21(18)11-16(22)20-5-3-4-14(20)10-19/h12-15,23H,2-9,11H2,1H3/t12-,13+,14-,15-,17?/m0/s1. The molecule has 3 aliphatic rings. The molecule has 128 valence electrons. The normalized spacial score (nSPS) is 39.7. The Bertz CT molecular complexity index is 493. The fourth-order valence-corrected chi connectivity index (χ4v) is 5.07. The summed E-state index contributed by atoms with van der Waals surface area (Å²) < 4.78 is 1.65. The van der Waals surface area contributed by atoms with Gasteiger partial charge in [-0.3, -0.25) is 4.79 Å². The summed E-state index contributed by atoms with van der Waals surface area (Å²) in [5.41, 5.74) is -0.483. The molecule has 0 bridgehead atoms. The van der Waals surface area contributed by atoms with Gasteiger partial charge in [-0.05, 0) is 68.6 Å². The number of nitrogens with zero attached hydrogens (tertiary/aromatic N) is 3. The van der Waals surface area contributed by atoms with Crippen molar-refractivity contribution < 1.29 is 9.90 Å². The van der Waals surface area contributed by atoms with Gasteiger partial charge in [0, 0.05) is 12.6 Å². The minimum absolute atomic E-state index is 0.0360. The van der Waals surface area contributed by atoms with Crippen molar-refractivity contribution >= 4 is 17.7 Å². The number of hydrogen-bond acceptors (Lipinski definition) is 4. The van der Waals surface area contributed by atoms with Crippen molar-refractivity contribution in [2.45, 2.75) is 69.6 Å². The average Bonchev–Trinajstić information content (AvgIpc) is 3.19. The van der Waals surface area contributed by atoms with Gasteiger partial charge in [0.15, 0.2) is 0 Å². The molecule has 2 aliphatic carbocycles. The van der Waals surface area contributed by atoms with Crippen LogP contribution in [-0.2, 0) is 4.79 Å². The third-order valence-electron chi connectivity index (χ3n) is 6.16. The zero-order chi connectivity index (χ0) is 16.6. The highest BCUT2D eigenvalue weighted by Crippen LogP contribution is 2.51. The number of likely N-dealkylation sites (tertiary alicyclic amines) is 1. The maximum Gasteiger partial charge on any atom is 0.239 e. The summed E-state index contributed by atoms with van der Waals surface area (Å²) in [5.74, 6) is 1.02. The number of fused-ring (bicyclic) bond motifs is 1. The maximum atomic E-state index is 12.4. The van der Waals surface area contributed by atoms with E-state index in [0.717, 1.165) is 44.9 Å². The van der Waals surface area contributed by atoms with Crippen molar-refractivity contribution in [3.8, 4) is 6.07 Å². The predicted molar refractivity (Wildman–Crippen MR) is 87.4 cm³/mol. The van der Waals surface area contributed by atoms with Crippen molar-refractivity contribution in [1.82, 2.24) is 9.32 Å². The summed E-state index contributed by atoms with van der Waals surface area (Å²) in [7, 11) is 0. The molecule has 0 radical (unpaired) electrons. The summed E-state index contributed by atoms with van der Waals surface area (Å²) in [4.78, 5) is 14.1.